The van der Waals surface area contributed by atoms with Crippen LogP contribution >= 0.6 is 0 Å². The second-order valence-electron chi connectivity index (χ2n) is 7.49. The lowest BCUT2D eigenvalue weighted by Crippen LogP contribution is -2.39. The minimum atomic E-state index is 0.0377. The molecule has 7 heteroatoms. The van der Waals surface area contributed by atoms with Crippen LogP contribution < -0.4 is 10.6 Å². The Morgan fingerprint density at radius 1 is 1.07 bits per heavy atom. The Labute approximate surface area is 169 Å². The van der Waals surface area contributed by atoms with E-state index in [0.717, 1.165) is 54.0 Å². The third-order valence-corrected chi connectivity index (χ3v) is 5.29. The molecule has 2 N–H and O–H groups in total. The van der Waals surface area contributed by atoms with Crippen molar-refractivity contribution < 1.29 is 9.32 Å². The van der Waals surface area contributed by atoms with Gasteiger partial charge in [-0.25, -0.2) is 9.97 Å². The molecule has 4 rings (SSSR count). The van der Waals surface area contributed by atoms with Crippen LogP contribution in [0.2, 0.25) is 0 Å². The number of carbonyl (C=O) groups is 1. The van der Waals surface area contributed by atoms with Gasteiger partial charge in [-0.2, -0.15) is 0 Å². The van der Waals surface area contributed by atoms with E-state index in [2.05, 4.69) is 20.8 Å². The van der Waals surface area contributed by atoms with Gasteiger partial charge in [0.2, 0.25) is 11.9 Å². The highest BCUT2D eigenvalue weighted by Gasteiger charge is 2.23. The Balaban J connectivity index is 1.51. The van der Waals surface area contributed by atoms with Gasteiger partial charge in [0.05, 0.1) is 11.3 Å². The summed E-state index contributed by atoms with van der Waals surface area (Å²) in [6.45, 7) is 3.47. The minimum absolute atomic E-state index is 0.0377. The molecule has 0 bridgehead atoms. The van der Waals surface area contributed by atoms with E-state index in [-0.39, 0.29) is 11.9 Å². The Morgan fingerprint density at radius 2 is 1.79 bits per heavy atom. The van der Waals surface area contributed by atoms with Crippen molar-refractivity contribution in [2.24, 2.45) is 0 Å². The van der Waals surface area contributed by atoms with Gasteiger partial charge in [0.25, 0.3) is 0 Å². The number of hydrogen-bond donors (Lipinski definition) is 2. The number of anilines is 1. The lowest BCUT2D eigenvalue weighted by atomic mass is 9.91. The molecule has 0 radical (unpaired) electrons. The second kappa shape index (κ2) is 8.43. The van der Waals surface area contributed by atoms with Crippen LogP contribution in [0.15, 0.2) is 47.1 Å². The standard InChI is InChI=1S/C22H25N5O2/c1-14-20(21(27-29-14)16-6-4-3-5-7-16)19-12-13-23-22(26-19)25-18-10-8-17(9-11-18)24-15(2)28/h3-7,12-13,17-18H,8-11H2,1-2H3,(H,24,28)(H,23,25,26). The predicted octanol–water partition coefficient (Wildman–Crippen LogP) is 3.97. The van der Waals surface area contributed by atoms with E-state index >= 15 is 0 Å². The number of hydrogen-bond acceptors (Lipinski definition) is 6. The predicted molar refractivity (Wildman–Crippen MR) is 111 cm³/mol. The van der Waals surface area contributed by atoms with Crippen LogP contribution in [0.3, 0.4) is 0 Å². The van der Waals surface area contributed by atoms with Gasteiger partial charge in [-0.1, -0.05) is 35.5 Å². The van der Waals surface area contributed by atoms with E-state index in [0.29, 0.717) is 12.0 Å². The molecule has 7 nitrogen and oxygen atoms in total. The third-order valence-electron chi connectivity index (χ3n) is 5.29. The van der Waals surface area contributed by atoms with Gasteiger partial charge in [0, 0.05) is 30.8 Å². The van der Waals surface area contributed by atoms with E-state index < -0.39 is 0 Å². The normalized spacial score (nSPS) is 19.0. The Bertz CT molecular complexity index is 978. The van der Waals surface area contributed by atoms with Crippen molar-refractivity contribution in [3.63, 3.8) is 0 Å². The van der Waals surface area contributed by atoms with Crippen LogP contribution in [-0.2, 0) is 4.79 Å². The molecule has 1 aromatic carbocycles. The van der Waals surface area contributed by atoms with Crippen molar-refractivity contribution >= 4 is 11.9 Å². The topological polar surface area (TPSA) is 92.9 Å². The van der Waals surface area contributed by atoms with E-state index in [9.17, 15) is 4.79 Å². The lowest BCUT2D eigenvalue weighted by molar-refractivity contribution is -0.119. The van der Waals surface area contributed by atoms with Crippen LogP contribution in [-0.4, -0.2) is 33.1 Å². The number of carbonyl (C=O) groups excluding carboxylic acids is 1. The molecular weight excluding hydrogens is 366 g/mol. The van der Waals surface area contributed by atoms with E-state index in [1.807, 2.05) is 43.3 Å². The lowest BCUT2D eigenvalue weighted by Gasteiger charge is -2.29. The molecule has 0 atom stereocenters. The average Bonchev–Trinajstić information content (AvgIpc) is 3.11. The highest BCUT2D eigenvalue weighted by Crippen LogP contribution is 2.33. The van der Waals surface area contributed by atoms with Crippen LogP contribution in [0.4, 0.5) is 5.95 Å². The van der Waals surface area contributed by atoms with Gasteiger partial charge in [-0.3, -0.25) is 4.79 Å². The number of nitrogens with one attached hydrogen (secondary N) is 2. The van der Waals surface area contributed by atoms with Crippen molar-refractivity contribution in [3.8, 4) is 22.5 Å². The third kappa shape index (κ3) is 4.45. The molecule has 1 aliphatic rings. The quantitative estimate of drug-likeness (QED) is 0.684. The van der Waals surface area contributed by atoms with E-state index in [4.69, 9.17) is 9.51 Å². The van der Waals surface area contributed by atoms with Gasteiger partial charge in [-0.05, 0) is 38.7 Å². The summed E-state index contributed by atoms with van der Waals surface area (Å²) in [7, 11) is 0. The first-order valence-electron chi connectivity index (χ1n) is 9.99. The van der Waals surface area contributed by atoms with Crippen LogP contribution in [0.5, 0.6) is 0 Å². The molecule has 1 aliphatic carbocycles. The highest BCUT2D eigenvalue weighted by molar-refractivity contribution is 5.80. The van der Waals surface area contributed by atoms with Gasteiger partial charge < -0.3 is 15.2 Å². The fourth-order valence-electron chi connectivity index (χ4n) is 3.89. The molecule has 0 spiro atoms. The molecule has 150 valence electrons. The highest BCUT2D eigenvalue weighted by atomic mass is 16.5. The average molecular weight is 391 g/mol. The maximum absolute atomic E-state index is 11.2. The Hall–Kier alpha value is -3.22. The number of nitrogens with zero attached hydrogens (tertiary/aromatic N) is 3. The first-order chi connectivity index (χ1) is 14.1. The summed E-state index contributed by atoms with van der Waals surface area (Å²) in [4.78, 5) is 20.4. The fourth-order valence-corrected chi connectivity index (χ4v) is 3.89. The van der Waals surface area contributed by atoms with Crippen LogP contribution in [0.1, 0.15) is 38.4 Å². The maximum Gasteiger partial charge on any atom is 0.223 e. The molecule has 2 aromatic heterocycles. The van der Waals surface area contributed by atoms with E-state index in [1.165, 1.54) is 0 Å². The summed E-state index contributed by atoms with van der Waals surface area (Å²) in [6.07, 6.45) is 5.62. The summed E-state index contributed by atoms with van der Waals surface area (Å²) in [6, 6.07) is 12.4. The molecule has 1 saturated carbocycles. The molecule has 1 amide bonds. The zero-order valence-electron chi connectivity index (χ0n) is 16.7. The zero-order valence-corrected chi connectivity index (χ0v) is 16.7. The zero-order chi connectivity index (χ0) is 20.2. The summed E-state index contributed by atoms with van der Waals surface area (Å²) in [5.74, 6) is 1.37. The summed E-state index contributed by atoms with van der Waals surface area (Å²) in [5.41, 5.74) is 3.44. The van der Waals surface area contributed by atoms with Crippen molar-refractivity contribution in [1.82, 2.24) is 20.4 Å². The first kappa shape index (κ1) is 19.1. The van der Waals surface area contributed by atoms with Crippen LogP contribution in [0.25, 0.3) is 22.5 Å². The molecule has 0 saturated heterocycles. The molecule has 0 unspecified atom stereocenters. The van der Waals surface area contributed by atoms with Gasteiger partial charge in [0.1, 0.15) is 11.5 Å². The summed E-state index contributed by atoms with van der Waals surface area (Å²) in [5, 5.41) is 10.7. The number of rotatable bonds is 5. The SMILES string of the molecule is CC(=O)NC1CCC(Nc2nccc(-c3c(-c4ccccc4)noc3C)n2)CC1. The number of amides is 1. The summed E-state index contributed by atoms with van der Waals surface area (Å²) < 4.78 is 5.47. The van der Waals surface area contributed by atoms with E-state index in [1.54, 1.807) is 13.1 Å². The maximum atomic E-state index is 11.2. The Kier molecular flexibility index (Phi) is 5.55. The molecule has 3 aromatic rings. The Morgan fingerprint density at radius 3 is 2.52 bits per heavy atom. The monoisotopic (exact) mass is 391 g/mol. The second-order valence-corrected chi connectivity index (χ2v) is 7.49. The molecule has 29 heavy (non-hydrogen) atoms. The smallest absolute Gasteiger partial charge is 0.223 e. The number of benzene rings is 1. The van der Waals surface area contributed by atoms with Crippen LogP contribution in [0, 0.1) is 6.92 Å². The number of aromatic nitrogens is 3. The first-order valence-corrected chi connectivity index (χ1v) is 9.99. The van der Waals surface area contributed by atoms with Gasteiger partial charge in [-0.15, -0.1) is 0 Å². The van der Waals surface area contributed by atoms with Crippen molar-refractivity contribution in [3.05, 3.63) is 48.4 Å². The summed E-state index contributed by atoms with van der Waals surface area (Å²) >= 11 is 0. The molecular formula is C22H25N5O2. The largest absolute Gasteiger partial charge is 0.360 e. The minimum Gasteiger partial charge on any atom is -0.360 e. The van der Waals surface area contributed by atoms with Gasteiger partial charge in [0.15, 0.2) is 0 Å². The molecule has 2 heterocycles. The van der Waals surface area contributed by atoms with Crippen molar-refractivity contribution in [2.75, 3.05) is 5.32 Å². The molecule has 1 fully saturated rings. The fraction of sp³-hybridized carbons (Fsp3) is 0.364. The van der Waals surface area contributed by atoms with Gasteiger partial charge >= 0.3 is 0 Å². The van der Waals surface area contributed by atoms with Crippen molar-refractivity contribution in [2.45, 2.75) is 51.6 Å². The van der Waals surface area contributed by atoms with Crippen molar-refractivity contribution in [1.29, 1.82) is 0 Å². The molecule has 0 aliphatic heterocycles. The number of aryl methyl sites for hydroxylation is 1.